The first-order valence-electron chi connectivity index (χ1n) is 14.1. The first kappa shape index (κ1) is 34.0. The van der Waals surface area contributed by atoms with Crippen molar-refractivity contribution < 1.29 is 33.0 Å². The molecule has 0 bridgehead atoms. The van der Waals surface area contributed by atoms with Crippen LogP contribution in [-0.4, -0.2) is 69.0 Å². The Kier molecular flexibility index (Phi) is 9.66. The van der Waals surface area contributed by atoms with Crippen LogP contribution in [0.4, 0.5) is 13.6 Å². The van der Waals surface area contributed by atoms with Crippen molar-refractivity contribution in [3.05, 3.63) is 58.4 Å². The summed E-state index contributed by atoms with van der Waals surface area (Å²) in [7, 11) is -1.44. The van der Waals surface area contributed by atoms with Crippen molar-refractivity contribution in [2.24, 2.45) is 10.9 Å². The van der Waals surface area contributed by atoms with E-state index in [-0.39, 0.29) is 35.1 Å². The van der Waals surface area contributed by atoms with Crippen molar-refractivity contribution in [3.63, 3.8) is 0 Å². The van der Waals surface area contributed by atoms with Crippen molar-refractivity contribution in [2.45, 2.75) is 75.7 Å². The highest BCUT2D eigenvalue weighted by atomic mass is 35.5. The van der Waals surface area contributed by atoms with Gasteiger partial charge in [0.25, 0.3) is 0 Å². The van der Waals surface area contributed by atoms with E-state index in [1.807, 2.05) is 0 Å². The van der Waals surface area contributed by atoms with Gasteiger partial charge in [0, 0.05) is 38.6 Å². The van der Waals surface area contributed by atoms with Gasteiger partial charge >= 0.3 is 12.1 Å². The normalized spacial score (nSPS) is 23.5. The maximum absolute atomic E-state index is 15.5. The van der Waals surface area contributed by atoms with Crippen LogP contribution >= 0.6 is 23.4 Å². The van der Waals surface area contributed by atoms with E-state index >= 15 is 8.78 Å². The number of carbonyl (C=O) groups excluding carboxylic acids is 1. The highest BCUT2D eigenvalue weighted by Crippen LogP contribution is 2.66. The number of aliphatic carboxylic acids is 1. The van der Waals surface area contributed by atoms with Crippen LogP contribution in [0.25, 0.3) is 11.9 Å². The summed E-state index contributed by atoms with van der Waals surface area (Å²) in [4.78, 5) is 39.8. The van der Waals surface area contributed by atoms with Gasteiger partial charge in [-0.2, -0.15) is 4.39 Å². The highest BCUT2D eigenvalue weighted by molar-refractivity contribution is 8.15. The summed E-state index contributed by atoms with van der Waals surface area (Å²) < 4.78 is 40.7. The topological polar surface area (TPSA) is 114 Å². The van der Waals surface area contributed by atoms with Crippen LogP contribution in [0.5, 0.6) is 0 Å². The second-order valence-corrected chi connectivity index (χ2v) is 20.7. The first-order valence-corrected chi connectivity index (χ1v) is 19.0. The van der Waals surface area contributed by atoms with Gasteiger partial charge in [-0.3, -0.25) is 14.8 Å². The second-order valence-electron chi connectivity index (χ2n) is 13.3. The fourth-order valence-corrected chi connectivity index (χ4v) is 7.16. The molecular weight excluding hydrogens is 630 g/mol. The molecule has 3 atom stereocenters. The predicted octanol–water partition coefficient (Wildman–Crippen LogP) is 7.45. The summed E-state index contributed by atoms with van der Waals surface area (Å²) in [6.07, 6.45) is 3.01. The fourth-order valence-electron chi connectivity index (χ4n) is 4.79. The standard InChI is InChI=1S/C30H37ClF2N4O5SSi/c1-28(2,3)42-27(40)37(17-41-10-11-44(5,6)7)26-36-29(4,23-14-30(23,43-26)25(38)39)20-12-18(15-35-24(20)33)13-21(32)22-9-8-19(31)16-34-22/h8-9,12-13,15-16,23H,10-11,14,17H2,1-7H3,(H,38,39)/b21-13-/t23-,29+,30-/m0/s1. The molecule has 0 saturated heterocycles. The number of rotatable bonds is 9. The van der Waals surface area contributed by atoms with Gasteiger partial charge < -0.3 is 14.6 Å². The van der Waals surface area contributed by atoms with Crippen LogP contribution in [-0.2, 0) is 19.8 Å². The smallest absolute Gasteiger partial charge is 0.418 e. The molecule has 1 fully saturated rings. The molecule has 2 aliphatic rings. The molecule has 0 spiro atoms. The molecule has 14 heteroatoms. The third-order valence-corrected chi connectivity index (χ3v) is 10.7. The number of halogens is 3. The molecule has 1 N–H and O–H groups in total. The minimum atomic E-state index is -1.46. The summed E-state index contributed by atoms with van der Waals surface area (Å²) in [5.41, 5.74) is -2.11. The number of hydrogen-bond donors (Lipinski definition) is 1. The van der Waals surface area contributed by atoms with Gasteiger partial charge in [0.1, 0.15) is 22.9 Å². The van der Waals surface area contributed by atoms with Gasteiger partial charge in [-0.15, -0.1) is 0 Å². The monoisotopic (exact) mass is 666 g/mol. The van der Waals surface area contributed by atoms with Crippen LogP contribution in [0, 0.1) is 11.9 Å². The number of pyridine rings is 2. The Morgan fingerprint density at radius 2 is 1.95 bits per heavy atom. The number of carbonyl (C=O) groups is 2. The maximum Gasteiger partial charge on any atom is 0.418 e. The van der Waals surface area contributed by atoms with Crippen LogP contribution < -0.4 is 0 Å². The molecule has 4 rings (SSSR count). The number of thioether (sulfide) groups is 1. The van der Waals surface area contributed by atoms with E-state index in [2.05, 4.69) is 29.6 Å². The Morgan fingerprint density at radius 3 is 2.55 bits per heavy atom. The fraction of sp³-hybridized carbons (Fsp3) is 0.500. The molecule has 0 aromatic carbocycles. The van der Waals surface area contributed by atoms with Gasteiger partial charge in [0.2, 0.25) is 5.95 Å². The summed E-state index contributed by atoms with van der Waals surface area (Å²) in [5.74, 6) is -3.33. The zero-order valence-corrected chi connectivity index (χ0v) is 28.4. The second kappa shape index (κ2) is 12.5. The molecule has 44 heavy (non-hydrogen) atoms. The molecule has 0 radical (unpaired) electrons. The Morgan fingerprint density at radius 1 is 1.25 bits per heavy atom. The van der Waals surface area contributed by atoms with Crippen molar-refractivity contribution in [1.29, 1.82) is 0 Å². The van der Waals surface area contributed by atoms with Crippen LogP contribution in [0.3, 0.4) is 0 Å². The van der Waals surface area contributed by atoms with E-state index in [1.165, 1.54) is 29.3 Å². The number of nitrogens with zero attached hydrogens (tertiary/aromatic N) is 4. The van der Waals surface area contributed by atoms with E-state index in [0.717, 1.165) is 30.1 Å². The molecule has 2 aromatic rings. The van der Waals surface area contributed by atoms with E-state index < -0.39 is 53.7 Å². The van der Waals surface area contributed by atoms with Crippen molar-refractivity contribution in [3.8, 4) is 0 Å². The third-order valence-electron chi connectivity index (χ3n) is 7.28. The molecule has 9 nitrogen and oxygen atoms in total. The van der Waals surface area contributed by atoms with E-state index in [4.69, 9.17) is 26.1 Å². The van der Waals surface area contributed by atoms with Crippen LogP contribution in [0.15, 0.2) is 35.6 Å². The van der Waals surface area contributed by atoms with Gasteiger partial charge in [0.05, 0.1) is 16.3 Å². The molecule has 1 aliphatic heterocycles. The lowest BCUT2D eigenvalue weighted by atomic mass is 9.86. The quantitative estimate of drug-likeness (QED) is 0.127. The number of hydrogen-bond acceptors (Lipinski definition) is 8. The highest BCUT2D eigenvalue weighted by Gasteiger charge is 2.72. The number of aliphatic imine (C=N–C) groups is 1. The zero-order chi connectivity index (χ0) is 32.7. The lowest BCUT2D eigenvalue weighted by Crippen LogP contribution is -2.47. The summed E-state index contributed by atoms with van der Waals surface area (Å²) in [6, 6.07) is 5.13. The zero-order valence-electron chi connectivity index (χ0n) is 25.8. The third kappa shape index (κ3) is 7.67. The number of amidine groups is 1. The molecule has 238 valence electrons. The number of amides is 1. The van der Waals surface area contributed by atoms with Gasteiger partial charge in [-0.05, 0) is 70.0 Å². The van der Waals surface area contributed by atoms with E-state index in [1.54, 1.807) is 27.7 Å². The molecule has 1 amide bonds. The summed E-state index contributed by atoms with van der Waals surface area (Å²) in [6.45, 7) is 13.5. The van der Waals surface area contributed by atoms with Gasteiger partial charge in [0.15, 0.2) is 5.17 Å². The average molecular weight is 667 g/mol. The maximum atomic E-state index is 15.5. The molecule has 1 aliphatic carbocycles. The average Bonchev–Trinajstić information content (AvgIpc) is 3.66. The van der Waals surface area contributed by atoms with Crippen LogP contribution in [0.1, 0.15) is 50.9 Å². The number of carboxylic acid groups (broad SMARTS) is 1. The minimum absolute atomic E-state index is 0.0232. The van der Waals surface area contributed by atoms with Crippen LogP contribution in [0.2, 0.25) is 30.7 Å². The Bertz CT molecular complexity index is 1500. The van der Waals surface area contributed by atoms with E-state index in [9.17, 15) is 14.7 Å². The largest absolute Gasteiger partial charge is 0.480 e. The Hall–Kier alpha value is -2.87. The predicted molar refractivity (Wildman–Crippen MR) is 170 cm³/mol. The Balaban J connectivity index is 1.76. The molecule has 3 heterocycles. The lowest BCUT2D eigenvalue weighted by molar-refractivity contribution is -0.137. The van der Waals surface area contributed by atoms with Gasteiger partial charge in [-0.25, -0.2) is 19.1 Å². The number of ether oxygens (including phenoxy) is 2. The van der Waals surface area contributed by atoms with E-state index in [0.29, 0.717) is 11.6 Å². The number of aromatic nitrogens is 2. The Labute approximate surface area is 266 Å². The minimum Gasteiger partial charge on any atom is -0.480 e. The summed E-state index contributed by atoms with van der Waals surface area (Å²) in [5, 5.41) is 10.7. The SMILES string of the molecule is CC(C)(C)OC(=O)N(COCC[Si](C)(C)C)C1=N[C@](C)(c2cc(/C=C(\F)c3ccc(Cl)cn3)cnc2F)[C@@H]2C[C@]2(C(=O)O)S1. The summed E-state index contributed by atoms with van der Waals surface area (Å²) >= 11 is 6.78. The molecule has 0 unspecified atom stereocenters. The van der Waals surface area contributed by atoms with Crippen molar-refractivity contribution in [1.82, 2.24) is 14.9 Å². The molecular formula is C30H37ClF2N4O5SSi. The lowest BCUT2D eigenvalue weighted by Gasteiger charge is -2.37. The first-order chi connectivity index (χ1) is 20.3. The number of carboxylic acids is 1. The molecule has 1 saturated carbocycles. The molecule has 2 aromatic heterocycles. The van der Waals surface area contributed by atoms with Crippen molar-refractivity contribution in [2.75, 3.05) is 13.3 Å². The van der Waals surface area contributed by atoms with Crippen molar-refractivity contribution >= 4 is 60.6 Å². The van der Waals surface area contributed by atoms with Gasteiger partial charge in [-0.1, -0.05) is 43.0 Å². The number of fused-ring (bicyclic) bond motifs is 1.